The first-order chi connectivity index (χ1) is 5.52. The minimum absolute atomic E-state index is 0.133. The maximum atomic E-state index is 13.0. The molecule has 0 saturated heterocycles. The molecule has 0 amide bonds. The van der Waals surface area contributed by atoms with Crippen LogP contribution in [-0.4, -0.2) is 5.78 Å². The Hall–Kier alpha value is 0.0300. The van der Waals surface area contributed by atoms with Gasteiger partial charge in [-0.05, 0) is 57.6 Å². The normalized spacial score (nSPS) is 10.0. The van der Waals surface area contributed by atoms with Crippen LogP contribution in [0.3, 0.4) is 0 Å². The van der Waals surface area contributed by atoms with Crippen LogP contribution in [0.25, 0.3) is 0 Å². The van der Waals surface area contributed by atoms with E-state index in [1.165, 1.54) is 13.0 Å². The molecule has 0 bridgehead atoms. The van der Waals surface area contributed by atoms with Gasteiger partial charge in [-0.1, -0.05) is 0 Å². The molecule has 1 nitrogen and oxygen atoms in total. The third kappa shape index (κ3) is 2.04. The van der Waals surface area contributed by atoms with E-state index in [1.807, 2.05) is 22.6 Å². The van der Waals surface area contributed by atoms with E-state index < -0.39 is 0 Å². The van der Waals surface area contributed by atoms with Gasteiger partial charge in [0.2, 0.25) is 0 Å². The summed E-state index contributed by atoms with van der Waals surface area (Å²) in [5, 5.41) is 0. The zero-order chi connectivity index (χ0) is 9.30. The van der Waals surface area contributed by atoms with Crippen molar-refractivity contribution >= 4 is 44.3 Å². The molecule has 0 aliphatic heterocycles. The molecule has 0 aliphatic rings. The van der Waals surface area contributed by atoms with Crippen LogP contribution in [0.5, 0.6) is 0 Å². The summed E-state index contributed by atoms with van der Waals surface area (Å²) in [6.07, 6.45) is 0. The van der Waals surface area contributed by atoms with Crippen molar-refractivity contribution in [1.82, 2.24) is 0 Å². The van der Waals surface area contributed by atoms with Crippen LogP contribution in [0.4, 0.5) is 4.39 Å². The second kappa shape index (κ2) is 3.83. The molecule has 0 aliphatic carbocycles. The molecule has 0 saturated carbocycles. The summed E-state index contributed by atoms with van der Waals surface area (Å²) in [6.45, 7) is 1.41. The lowest BCUT2D eigenvalue weighted by Crippen LogP contribution is -1.95. The molecule has 64 valence electrons. The van der Waals surface area contributed by atoms with Crippen molar-refractivity contribution in [1.29, 1.82) is 0 Å². The summed E-state index contributed by atoms with van der Waals surface area (Å²) >= 11 is 5.04. The molecule has 12 heavy (non-hydrogen) atoms. The molecular weight excluding hydrogens is 338 g/mol. The highest BCUT2D eigenvalue weighted by Gasteiger charge is 2.08. The van der Waals surface area contributed by atoms with Crippen LogP contribution in [0, 0.1) is 9.39 Å². The topological polar surface area (TPSA) is 17.1 Å². The van der Waals surface area contributed by atoms with E-state index in [-0.39, 0.29) is 11.6 Å². The summed E-state index contributed by atoms with van der Waals surface area (Å²) < 4.78 is 14.1. The Morgan fingerprint density at radius 1 is 1.58 bits per heavy atom. The second-order valence-electron chi connectivity index (χ2n) is 2.31. The van der Waals surface area contributed by atoms with Crippen LogP contribution in [0.15, 0.2) is 16.6 Å². The number of carbonyl (C=O) groups excluding carboxylic acids is 1. The zero-order valence-electron chi connectivity index (χ0n) is 6.20. The van der Waals surface area contributed by atoms with E-state index in [0.717, 1.165) is 0 Å². The van der Waals surface area contributed by atoms with Crippen molar-refractivity contribution in [2.24, 2.45) is 0 Å². The quantitative estimate of drug-likeness (QED) is 0.434. The monoisotopic (exact) mass is 342 g/mol. The standard InChI is InChI=1S/C8H5BrFIO/c1-4(12)5-2-6(9)8(11)7(10)3-5/h2-3H,1H3. The van der Waals surface area contributed by atoms with Gasteiger partial charge in [0.15, 0.2) is 5.78 Å². The molecule has 1 rings (SSSR count). The highest BCUT2D eigenvalue weighted by molar-refractivity contribution is 14.1. The predicted octanol–water partition coefficient (Wildman–Crippen LogP) is 3.40. The lowest BCUT2D eigenvalue weighted by Gasteiger charge is -2.00. The van der Waals surface area contributed by atoms with Gasteiger partial charge in [0.25, 0.3) is 0 Å². The molecule has 0 N–H and O–H groups in total. The SMILES string of the molecule is CC(=O)c1cc(F)c(I)c(Br)c1. The summed E-state index contributed by atoms with van der Waals surface area (Å²) in [4.78, 5) is 10.9. The Labute approximate surface area is 91.6 Å². The van der Waals surface area contributed by atoms with Gasteiger partial charge >= 0.3 is 0 Å². The van der Waals surface area contributed by atoms with Gasteiger partial charge < -0.3 is 0 Å². The minimum Gasteiger partial charge on any atom is -0.295 e. The number of ketones is 1. The van der Waals surface area contributed by atoms with Crippen LogP contribution in [-0.2, 0) is 0 Å². The Morgan fingerprint density at radius 3 is 2.58 bits per heavy atom. The molecule has 0 aromatic heterocycles. The summed E-state index contributed by atoms with van der Waals surface area (Å²) in [7, 11) is 0. The van der Waals surface area contributed by atoms with Crippen LogP contribution < -0.4 is 0 Å². The number of benzene rings is 1. The number of rotatable bonds is 1. The average Bonchev–Trinajstić information content (AvgIpc) is 1.99. The van der Waals surface area contributed by atoms with Crippen molar-refractivity contribution in [3.8, 4) is 0 Å². The molecule has 0 unspecified atom stereocenters. The predicted molar refractivity (Wildman–Crippen MR) is 56.8 cm³/mol. The molecule has 1 aromatic rings. The summed E-state index contributed by atoms with van der Waals surface area (Å²) in [5.41, 5.74) is 0.389. The highest BCUT2D eigenvalue weighted by atomic mass is 127. The van der Waals surface area contributed by atoms with E-state index >= 15 is 0 Å². The molecule has 1 aromatic carbocycles. The van der Waals surface area contributed by atoms with Gasteiger partial charge in [0.1, 0.15) is 5.82 Å². The lowest BCUT2D eigenvalue weighted by atomic mass is 10.1. The van der Waals surface area contributed by atoms with Crippen LogP contribution in [0.2, 0.25) is 0 Å². The molecule has 0 radical (unpaired) electrons. The fourth-order valence-corrected chi connectivity index (χ4v) is 1.51. The lowest BCUT2D eigenvalue weighted by molar-refractivity contribution is 0.101. The maximum absolute atomic E-state index is 13.0. The molecule has 0 fully saturated rings. The molecule has 0 spiro atoms. The number of hydrogen-bond donors (Lipinski definition) is 0. The van der Waals surface area contributed by atoms with E-state index in [1.54, 1.807) is 6.07 Å². The fourth-order valence-electron chi connectivity index (χ4n) is 0.759. The summed E-state index contributed by atoms with van der Waals surface area (Å²) in [6, 6.07) is 2.86. The van der Waals surface area contributed by atoms with Crippen molar-refractivity contribution in [3.05, 3.63) is 31.6 Å². The number of carbonyl (C=O) groups is 1. The van der Waals surface area contributed by atoms with Gasteiger partial charge in [0, 0.05) is 10.0 Å². The molecule has 0 heterocycles. The first kappa shape index (κ1) is 10.1. The number of hydrogen-bond acceptors (Lipinski definition) is 1. The fraction of sp³-hybridized carbons (Fsp3) is 0.125. The first-order valence-electron chi connectivity index (χ1n) is 3.18. The van der Waals surface area contributed by atoms with E-state index in [2.05, 4.69) is 15.9 Å². The third-order valence-electron chi connectivity index (χ3n) is 1.39. The zero-order valence-corrected chi connectivity index (χ0v) is 9.94. The van der Waals surface area contributed by atoms with E-state index in [9.17, 15) is 9.18 Å². The minimum atomic E-state index is -0.366. The number of halogens is 3. The number of Topliss-reactive ketones (excluding diaryl/α,β-unsaturated/α-hetero) is 1. The van der Waals surface area contributed by atoms with Gasteiger partial charge in [-0.25, -0.2) is 4.39 Å². The Bertz CT molecular complexity index is 315. The van der Waals surface area contributed by atoms with Crippen molar-refractivity contribution in [2.45, 2.75) is 6.92 Å². The van der Waals surface area contributed by atoms with E-state index in [4.69, 9.17) is 0 Å². The largest absolute Gasteiger partial charge is 0.295 e. The molecular formula is C8H5BrFIO. The highest BCUT2D eigenvalue weighted by Crippen LogP contribution is 2.23. The first-order valence-corrected chi connectivity index (χ1v) is 5.05. The van der Waals surface area contributed by atoms with Gasteiger partial charge in [-0.2, -0.15) is 0 Å². The van der Waals surface area contributed by atoms with Crippen molar-refractivity contribution in [2.75, 3.05) is 0 Å². The van der Waals surface area contributed by atoms with Gasteiger partial charge in [-0.15, -0.1) is 0 Å². The Morgan fingerprint density at radius 2 is 2.17 bits per heavy atom. The maximum Gasteiger partial charge on any atom is 0.159 e. The molecule has 0 atom stereocenters. The average molecular weight is 343 g/mol. The van der Waals surface area contributed by atoms with Gasteiger partial charge in [-0.3, -0.25) is 4.79 Å². The van der Waals surface area contributed by atoms with Crippen LogP contribution >= 0.6 is 38.5 Å². The summed E-state index contributed by atoms with van der Waals surface area (Å²) in [5.74, 6) is -0.499. The van der Waals surface area contributed by atoms with E-state index in [0.29, 0.717) is 13.6 Å². The van der Waals surface area contributed by atoms with Gasteiger partial charge in [0.05, 0.1) is 3.57 Å². The van der Waals surface area contributed by atoms with Crippen LogP contribution in [0.1, 0.15) is 17.3 Å². The second-order valence-corrected chi connectivity index (χ2v) is 4.24. The smallest absolute Gasteiger partial charge is 0.159 e. The van der Waals surface area contributed by atoms with Crippen molar-refractivity contribution in [3.63, 3.8) is 0 Å². The van der Waals surface area contributed by atoms with Crippen molar-refractivity contribution < 1.29 is 9.18 Å². The Kier molecular flexibility index (Phi) is 3.22. The Balaban J connectivity index is 3.31. The third-order valence-corrected chi connectivity index (χ3v) is 3.85. The molecule has 4 heteroatoms.